The van der Waals surface area contributed by atoms with Gasteiger partial charge in [-0.1, -0.05) is 62.4 Å². The first kappa shape index (κ1) is 53.2. The van der Waals surface area contributed by atoms with Crippen LogP contribution in [0, 0.1) is 12.8 Å². The van der Waals surface area contributed by atoms with Crippen LogP contribution in [0.1, 0.15) is 92.0 Å². The molecule has 0 bridgehead atoms. The van der Waals surface area contributed by atoms with Crippen molar-refractivity contribution in [1.29, 1.82) is 0 Å². The summed E-state index contributed by atoms with van der Waals surface area (Å²) in [5, 5.41) is 19.7. The van der Waals surface area contributed by atoms with Crippen LogP contribution >= 0.6 is 11.3 Å². The smallest absolute Gasteiger partial charge is 0.255 e. The van der Waals surface area contributed by atoms with Crippen molar-refractivity contribution in [3.8, 4) is 38.9 Å². The number of hydrogen-bond acceptors (Lipinski definition) is 14. The van der Waals surface area contributed by atoms with Gasteiger partial charge in [0.25, 0.3) is 5.91 Å². The van der Waals surface area contributed by atoms with Gasteiger partial charge in [0.15, 0.2) is 5.65 Å². The lowest BCUT2D eigenvalue weighted by Gasteiger charge is -2.35. The highest BCUT2D eigenvalue weighted by atomic mass is 32.1. The number of carbonyl (C=O) groups is 3. The molecule has 3 aliphatic heterocycles. The van der Waals surface area contributed by atoms with Gasteiger partial charge in [-0.3, -0.25) is 14.4 Å². The van der Waals surface area contributed by atoms with E-state index in [1.54, 1.807) is 22.3 Å². The molecule has 3 atom stereocenters. The number of nitrogens with zero attached hydrogens (tertiary/aromatic N) is 8. The highest BCUT2D eigenvalue weighted by molar-refractivity contribution is 7.13. The second-order valence-electron chi connectivity index (χ2n) is 20.6. The number of amides is 3. The number of aryl methyl sites for hydroxylation is 1. The monoisotopic (exact) mass is 1060 g/mol. The first-order valence-electron chi connectivity index (χ1n) is 26.9. The number of para-hydroxylation sites is 1. The number of benzene rings is 4. The van der Waals surface area contributed by atoms with E-state index in [2.05, 4.69) is 29.9 Å². The molecule has 0 saturated carbocycles. The van der Waals surface area contributed by atoms with Gasteiger partial charge in [0, 0.05) is 69.0 Å². The largest absolute Gasteiger partial charge is 0.493 e. The molecule has 4 N–H and O–H groups in total. The summed E-state index contributed by atoms with van der Waals surface area (Å²) in [6.45, 7) is 11.0. The minimum Gasteiger partial charge on any atom is -0.493 e. The number of nitrogens with two attached hydrogens (primary N) is 1. The summed E-state index contributed by atoms with van der Waals surface area (Å²) in [6, 6.07) is 29.5. The van der Waals surface area contributed by atoms with E-state index in [1.165, 1.54) is 11.2 Å². The zero-order chi connectivity index (χ0) is 53.4. The van der Waals surface area contributed by atoms with E-state index >= 15 is 0 Å². The topological polar surface area (TPSA) is 203 Å². The standard InChI is InChI=1S/C59H68N10O7S/c1-38(2)53(68-34-43-13-7-8-16-48(43)58(68)72)59(73)67-35-45(70)32-49(67)57(71)61-33-42-18-17-41(54-39(3)64-37-77-54)31-50(42)75-30-12-11-29-74-28-10-9-25-66-26-23-44(24-27-66)69-56-51(55(60)62-36-63-56)52(65-69)40-19-21-47(22-20-40)76-46-14-5-4-6-15-46/h4-8,13-22,31,36-38,44-45,49,53,70H,9-12,23-30,32-35H2,1-3H3,(H,61,71)(H2,60,62,63)/t45-,49+,53?/m1/s1. The molecule has 6 heterocycles. The number of aliphatic hydroxyl groups excluding tert-OH is 1. The number of unbranched alkanes of at least 4 members (excludes halogenated alkanes) is 2. The fourth-order valence-corrected chi connectivity index (χ4v) is 11.7. The Balaban J connectivity index is 0.663. The number of ether oxygens (including phenoxy) is 3. The zero-order valence-electron chi connectivity index (χ0n) is 44.1. The lowest BCUT2D eigenvalue weighted by atomic mass is 10.0. The molecule has 0 radical (unpaired) electrons. The van der Waals surface area contributed by atoms with Gasteiger partial charge in [0.2, 0.25) is 11.8 Å². The lowest BCUT2D eigenvalue weighted by molar-refractivity contribution is -0.143. The Morgan fingerprint density at radius 3 is 2.35 bits per heavy atom. The maximum absolute atomic E-state index is 14.3. The molecule has 1 unspecified atom stereocenters. The van der Waals surface area contributed by atoms with Crippen molar-refractivity contribution in [1.82, 2.24) is 44.7 Å². The second kappa shape index (κ2) is 24.4. The number of rotatable bonds is 22. The molecular weight excluding hydrogens is 993 g/mol. The van der Waals surface area contributed by atoms with Gasteiger partial charge in [-0.05, 0) is 118 Å². The Kier molecular flexibility index (Phi) is 16.8. The van der Waals surface area contributed by atoms with Crippen molar-refractivity contribution in [2.45, 2.75) is 103 Å². The third-order valence-corrected chi connectivity index (χ3v) is 15.9. The number of β-amino-alcohol motifs (C(OH)–C–C–N with tert-alkyl or cyclic N) is 1. The molecule has 4 aromatic carbocycles. The molecule has 18 heteroatoms. The number of aliphatic hydroxyl groups is 1. The van der Waals surface area contributed by atoms with Crippen LogP contribution in [0.2, 0.25) is 0 Å². The number of fused-ring (bicyclic) bond motifs is 2. The van der Waals surface area contributed by atoms with Gasteiger partial charge in [0.1, 0.15) is 47.2 Å². The van der Waals surface area contributed by atoms with Crippen LogP contribution in [0.4, 0.5) is 5.82 Å². The van der Waals surface area contributed by atoms with Crippen molar-refractivity contribution in [2.75, 3.05) is 51.7 Å². The first-order valence-corrected chi connectivity index (χ1v) is 27.8. The highest BCUT2D eigenvalue weighted by Gasteiger charge is 2.46. The van der Waals surface area contributed by atoms with Gasteiger partial charge >= 0.3 is 0 Å². The lowest BCUT2D eigenvalue weighted by Crippen LogP contribution is -2.55. The number of likely N-dealkylation sites (tertiary alicyclic amines) is 2. The Morgan fingerprint density at radius 2 is 1.60 bits per heavy atom. The molecule has 0 aliphatic carbocycles. The van der Waals surface area contributed by atoms with E-state index in [-0.39, 0.29) is 49.2 Å². The van der Waals surface area contributed by atoms with E-state index in [9.17, 15) is 19.5 Å². The van der Waals surface area contributed by atoms with Crippen molar-refractivity contribution >= 4 is 45.9 Å². The average Bonchev–Trinajstić information content (AvgIpc) is 4.30. The van der Waals surface area contributed by atoms with E-state index in [0.717, 1.165) is 119 Å². The molecule has 10 rings (SSSR count). The van der Waals surface area contributed by atoms with Crippen LogP contribution in [0.15, 0.2) is 109 Å². The molecule has 402 valence electrons. The minimum absolute atomic E-state index is 0.0157. The number of piperidine rings is 1. The van der Waals surface area contributed by atoms with E-state index < -0.39 is 18.2 Å². The number of carbonyl (C=O) groups excluding carboxylic acids is 3. The average molecular weight is 1060 g/mol. The van der Waals surface area contributed by atoms with E-state index in [0.29, 0.717) is 43.5 Å². The summed E-state index contributed by atoms with van der Waals surface area (Å²) in [4.78, 5) is 61.8. The van der Waals surface area contributed by atoms with E-state index in [4.69, 9.17) is 25.0 Å². The minimum atomic E-state index is -0.889. The number of nitrogens with one attached hydrogen (secondary N) is 1. The SMILES string of the molecule is Cc1ncsc1-c1ccc(CNC(=O)[C@@H]2C[C@@H](O)CN2C(=O)C(C(C)C)N2Cc3ccccc3C2=O)c(OCCCCOCCCCN2CCC(n3nc(-c4ccc(Oc5ccccc5)cc4)c4c(N)ncnc43)CC2)c1. The summed E-state index contributed by atoms with van der Waals surface area (Å²) in [5.74, 6) is 1.47. The molecule has 3 aliphatic rings. The summed E-state index contributed by atoms with van der Waals surface area (Å²) in [6.07, 6.45) is 6.32. The van der Waals surface area contributed by atoms with Crippen LogP contribution < -0.4 is 20.5 Å². The Morgan fingerprint density at radius 1 is 0.870 bits per heavy atom. The molecule has 77 heavy (non-hydrogen) atoms. The van der Waals surface area contributed by atoms with Gasteiger partial charge in [-0.2, -0.15) is 5.10 Å². The van der Waals surface area contributed by atoms with Crippen LogP contribution in [-0.2, 0) is 27.4 Å². The normalized spacial score (nSPS) is 17.3. The number of nitrogen functional groups attached to an aromatic ring is 1. The Bertz CT molecular complexity index is 3160. The number of aromatic nitrogens is 5. The fraction of sp³-hybridized carbons (Fsp3) is 0.407. The summed E-state index contributed by atoms with van der Waals surface area (Å²) in [5.41, 5.74) is 14.9. The summed E-state index contributed by atoms with van der Waals surface area (Å²) < 4.78 is 20.6. The molecule has 17 nitrogen and oxygen atoms in total. The van der Waals surface area contributed by atoms with E-state index in [1.807, 2.05) is 117 Å². The van der Waals surface area contributed by atoms with Gasteiger partial charge < -0.3 is 45.1 Å². The molecule has 2 fully saturated rings. The Hall–Kier alpha value is -7.25. The second-order valence-corrected chi connectivity index (χ2v) is 21.5. The third kappa shape index (κ3) is 12.2. The van der Waals surface area contributed by atoms with Crippen LogP contribution in [0.3, 0.4) is 0 Å². The van der Waals surface area contributed by atoms with Gasteiger partial charge in [-0.25, -0.2) is 19.6 Å². The van der Waals surface area contributed by atoms with Crippen molar-refractivity contribution in [3.63, 3.8) is 0 Å². The molecule has 3 amide bonds. The van der Waals surface area contributed by atoms with Crippen molar-refractivity contribution in [2.24, 2.45) is 5.92 Å². The molecule has 2 saturated heterocycles. The van der Waals surface area contributed by atoms with Gasteiger partial charge in [0.05, 0.1) is 40.2 Å². The van der Waals surface area contributed by atoms with Crippen molar-refractivity contribution in [3.05, 3.63) is 131 Å². The fourth-order valence-electron chi connectivity index (χ4n) is 10.9. The first-order chi connectivity index (χ1) is 37.5. The molecule has 3 aromatic heterocycles. The molecular formula is C59H68N10O7S. The quantitative estimate of drug-likeness (QED) is 0.0544. The molecule has 7 aromatic rings. The Labute approximate surface area is 453 Å². The van der Waals surface area contributed by atoms with Crippen LogP contribution in [0.25, 0.3) is 32.7 Å². The predicted octanol–water partition coefficient (Wildman–Crippen LogP) is 8.85. The van der Waals surface area contributed by atoms with Crippen LogP contribution in [0.5, 0.6) is 17.2 Å². The number of thiazole rings is 1. The maximum atomic E-state index is 14.3. The zero-order valence-corrected chi connectivity index (χ0v) is 44.9. The van der Waals surface area contributed by atoms with Crippen molar-refractivity contribution < 1.29 is 33.7 Å². The highest BCUT2D eigenvalue weighted by Crippen LogP contribution is 2.37. The third-order valence-electron chi connectivity index (χ3n) is 14.9. The molecule has 0 spiro atoms. The van der Waals surface area contributed by atoms with Crippen LogP contribution in [-0.4, -0.2) is 126 Å². The predicted molar refractivity (Wildman–Crippen MR) is 296 cm³/mol. The maximum Gasteiger partial charge on any atom is 0.255 e. The summed E-state index contributed by atoms with van der Waals surface area (Å²) in [7, 11) is 0. The summed E-state index contributed by atoms with van der Waals surface area (Å²) >= 11 is 1.56. The van der Waals surface area contributed by atoms with Gasteiger partial charge in [-0.15, -0.1) is 11.3 Å². The number of hydrogen-bond donors (Lipinski definition) is 3. The number of anilines is 1.